The topological polar surface area (TPSA) is 49.4 Å². The number of nitrogens with one attached hydrogen (secondary N) is 1. The van der Waals surface area contributed by atoms with Crippen LogP contribution in [0.5, 0.6) is 0 Å². The van der Waals surface area contributed by atoms with Gasteiger partial charge in [0.15, 0.2) is 0 Å². The Bertz CT molecular complexity index is 545. The minimum atomic E-state index is -0.457. The van der Waals surface area contributed by atoms with E-state index in [1.807, 2.05) is 45.0 Å². The molecule has 0 spiro atoms. The molecule has 2 atom stereocenters. The summed E-state index contributed by atoms with van der Waals surface area (Å²) in [4.78, 5) is 26.3. The van der Waals surface area contributed by atoms with Gasteiger partial charge in [0.1, 0.15) is 6.04 Å². The van der Waals surface area contributed by atoms with Gasteiger partial charge in [0.05, 0.1) is 6.04 Å². The van der Waals surface area contributed by atoms with Crippen LogP contribution in [0, 0.1) is 5.92 Å². The van der Waals surface area contributed by atoms with Crippen molar-refractivity contribution < 1.29 is 9.59 Å². The average Bonchev–Trinajstić information content (AvgIpc) is 2.58. The zero-order valence-electron chi connectivity index (χ0n) is 12.6. The number of halogens is 1. The maximum absolute atomic E-state index is 12.7. The van der Waals surface area contributed by atoms with E-state index in [1.165, 1.54) is 0 Å². The Balaban J connectivity index is 2.28. The van der Waals surface area contributed by atoms with Gasteiger partial charge in [-0.1, -0.05) is 37.6 Å². The fourth-order valence-corrected chi connectivity index (χ4v) is 2.80. The Morgan fingerprint density at radius 1 is 1.29 bits per heavy atom. The van der Waals surface area contributed by atoms with Crippen LogP contribution in [0.25, 0.3) is 0 Å². The van der Waals surface area contributed by atoms with Crippen molar-refractivity contribution >= 4 is 23.4 Å². The molecule has 4 nitrogen and oxygen atoms in total. The van der Waals surface area contributed by atoms with Crippen molar-refractivity contribution in [2.45, 2.75) is 39.3 Å². The summed E-state index contributed by atoms with van der Waals surface area (Å²) in [6, 6.07) is 6.94. The average molecular weight is 309 g/mol. The van der Waals surface area contributed by atoms with E-state index in [-0.39, 0.29) is 23.8 Å². The third kappa shape index (κ3) is 3.56. The summed E-state index contributed by atoms with van der Waals surface area (Å²) in [5.41, 5.74) is 0.979. The van der Waals surface area contributed by atoms with E-state index in [1.54, 1.807) is 4.90 Å². The predicted octanol–water partition coefficient (Wildman–Crippen LogP) is 2.77. The molecule has 1 aliphatic rings. The number of hydrogen-bond donors (Lipinski definition) is 1. The van der Waals surface area contributed by atoms with Gasteiger partial charge >= 0.3 is 0 Å². The molecule has 5 heteroatoms. The molecule has 0 radical (unpaired) electrons. The lowest BCUT2D eigenvalue weighted by molar-refractivity contribution is -0.136. The number of rotatable bonds is 3. The van der Waals surface area contributed by atoms with Crippen LogP contribution in [0.3, 0.4) is 0 Å². The molecule has 1 N–H and O–H groups in total. The van der Waals surface area contributed by atoms with Crippen LogP contribution in [0.15, 0.2) is 24.3 Å². The molecule has 1 aromatic rings. The smallest absolute Gasteiger partial charge is 0.245 e. The van der Waals surface area contributed by atoms with E-state index in [4.69, 9.17) is 11.6 Å². The van der Waals surface area contributed by atoms with Crippen molar-refractivity contribution in [1.29, 1.82) is 0 Å². The minimum absolute atomic E-state index is 0.0247. The summed E-state index contributed by atoms with van der Waals surface area (Å²) in [6.45, 7) is 6.28. The first kappa shape index (κ1) is 15.8. The fourth-order valence-electron chi connectivity index (χ4n) is 2.60. The molecule has 0 saturated carbocycles. The highest BCUT2D eigenvalue weighted by atomic mass is 35.5. The molecule has 2 rings (SSSR count). The number of hydrogen-bond acceptors (Lipinski definition) is 2. The van der Waals surface area contributed by atoms with Gasteiger partial charge in [-0.15, -0.1) is 0 Å². The fraction of sp³-hybridized carbons (Fsp3) is 0.500. The quantitative estimate of drug-likeness (QED) is 0.933. The van der Waals surface area contributed by atoms with Crippen molar-refractivity contribution in [1.82, 2.24) is 10.2 Å². The third-order valence-corrected chi connectivity index (χ3v) is 4.15. The maximum atomic E-state index is 12.7. The second kappa shape index (κ2) is 6.48. The molecule has 114 valence electrons. The van der Waals surface area contributed by atoms with Crippen molar-refractivity contribution in [3.05, 3.63) is 34.9 Å². The Morgan fingerprint density at radius 2 is 2.00 bits per heavy atom. The SMILES string of the molecule is CC(C)C1NC(=O)CCN(C(C)c2cccc(Cl)c2)C1=O. The van der Waals surface area contributed by atoms with Crippen LogP contribution < -0.4 is 5.32 Å². The van der Waals surface area contributed by atoms with Gasteiger partial charge in [-0.05, 0) is 30.5 Å². The summed E-state index contributed by atoms with van der Waals surface area (Å²) < 4.78 is 0. The number of benzene rings is 1. The van der Waals surface area contributed by atoms with Gasteiger partial charge in [0.2, 0.25) is 11.8 Å². The molecule has 0 aliphatic carbocycles. The normalized spacial score (nSPS) is 21.2. The van der Waals surface area contributed by atoms with Gasteiger partial charge in [-0.2, -0.15) is 0 Å². The van der Waals surface area contributed by atoms with E-state index >= 15 is 0 Å². The Morgan fingerprint density at radius 3 is 2.62 bits per heavy atom. The molecule has 0 aromatic heterocycles. The molecule has 1 fully saturated rings. The second-order valence-electron chi connectivity index (χ2n) is 5.80. The first-order valence-corrected chi connectivity index (χ1v) is 7.63. The summed E-state index contributed by atoms with van der Waals surface area (Å²) >= 11 is 6.03. The summed E-state index contributed by atoms with van der Waals surface area (Å²) in [5.74, 6) is -0.0280. The lowest BCUT2D eigenvalue weighted by atomic mass is 10.0. The molecular formula is C16H21ClN2O2. The van der Waals surface area contributed by atoms with Crippen molar-refractivity contribution in [3.63, 3.8) is 0 Å². The van der Waals surface area contributed by atoms with Gasteiger partial charge in [0.25, 0.3) is 0 Å². The standard InChI is InChI=1S/C16H21ClN2O2/c1-10(2)15-16(21)19(8-7-14(20)18-15)11(3)12-5-4-6-13(17)9-12/h4-6,9-11,15H,7-8H2,1-3H3,(H,18,20). The highest BCUT2D eigenvalue weighted by molar-refractivity contribution is 6.30. The van der Waals surface area contributed by atoms with Gasteiger partial charge < -0.3 is 10.2 Å². The Labute approximate surface area is 130 Å². The molecule has 1 aromatic carbocycles. The summed E-state index contributed by atoms with van der Waals surface area (Å²) in [7, 11) is 0. The molecule has 1 saturated heterocycles. The predicted molar refractivity (Wildman–Crippen MR) is 83.0 cm³/mol. The van der Waals surface area contributed by atoms with E-state index < -0.39 is 6.04 Å². The van der Waals surface area contributed by atoms with E-state index in [0.29, 0.717) is 18.0 Å². The van der Waals surface area contributed by atoms with Crippen LogP contribution in [0.1, 0.15) is 38.8 Å². The Kier molecular flexibility index (Phi) is 4.88. The van der Waals surface area contributed by atoms with Gasteiger partial charge in [0, 0.05) is 18.0 Å². The number of carbonyl (C=O) groups is 2. The lowest BCUT2D eigenvalue weighted by Crippen LogP contribution is -2.48. The molecule has 0 bridgehead atoms. The summed E-state index contributed by atoms with van der Waals surface area (Å²) in [6.07, 6.45) is 0.333. The van der Waals surface area contributed by atoms with Crippen LogP contribution >= 0.6 is 11.6 Å². The number of amides is 2. The molecule has 2 amide bonds. The number of nitrogens with zero attached hydrogens (tertiary/aromatic N) is 1. The second-order valence-corrected chi connectivity index (χ2v) is 6.24. The van der Waals surface area contributed by atoms with Crippen LogP contribution in [-0.2, 0) is 9.59 Å². The van der Waals surface area contributed by atoms with E-state index in [2.05, 4.69) is 5.32 Å². The van der Waals surface area contributed by atoms with Crippen molar-refractivity contribution in [3.8, 4) is 0 Å². The van der Waals surface area contributed by atoms with Crippen molar-refractivity contribution in [2.24, 2.45) is 5.92 Å². The maximum Gasteiger partial charge on any atom is 0.245 e. The van der Waals surface area contributed by atoms with Gasteiger partial charge in [-0.3, -0.25) is 9.59 Å². The largest absolute Gasteiger partial charge is 0.344 e. The van der Waals surface area contributed by atoms with Crippen molar-refractivity contribution in [2.75, 3.05) is 6.54 Å². The first-order chi connectivity index (χ1) is 9.90. The summed E-state index contributed by atoms with van der Waals surface area (Å²) in [5, 5.41) is 3.47. The van der Waals surface area contributed by atoms with Crippen LogP contribution in [-0.4, -0.2) is 29.3 Å². The first-order valence-electron chi connectivity index (χ1n) is 7.25. The number of carbonyl (C=O) groups excluding carboxylic acids is 2. The van der Waals surface area contributed by atoms with E-state index in [0.717, 1.165) is 5.56 Å². The molecule has 1 aliphatic heterocycles. The lowest BCUT2D eigenvalue weighted by Gasteiger charge is -2.31. The van der Waals surface area contributed by atoms with Gasteiger partial charge in [-0.25, -0.2) is 0 Å². The molecule has 21 heavy (non-hydrogen) atoms. The highest BCUT2D eigenvalue weighted by Crippen LogP contribution is 2.25. The Hall–Kier alpha value is -1.55. The van der Waals surface area contributed by atoms with Crippen LogP contribution in [0.2, 0.25) is 5.02 Å². The zero-order chi connectivity index (χ0) is 15.6. The zero-order valence-corrected chi connectivity index (χ0v) is 13.4. The van der Waals surface area contributed by atoms with E-state index in [9.17, 15) is 9.59 Å². The van der Waals surface area contributed by atoms with Crippen LogP contribution in [0.4, 0.5) is 0 Å². The third-order valence-electron chi connectivity index (χ3n) is 3.91. The highest BCUT2D eigenvalue weighted by Gasteiger charge is 2.34. The molecular weight excluding hydrogens is 288 g/mol. The minimum Gasteiger partial charge on any atom is -0.344 e. The molecule has 1 heterocycles. The molecule has 2 unspecified atom stereocenters. The monoisotopic (exact) mass is 308 g/mol.